The Morgan fingerprint density at radius 2 is 2.00 bits per heavy atom. The molecule has 2 rings (SSSR count). The summed E-state index contributed by atoms with van der Waals surface area (Å²) in [7, 11) is 0.796. The molecule has 0 amide bonds. The third-order valence-corrected chi connectivity index (χ3v) is 6.32. The van der Waals surface area contributed by atoms with Gasteiger partial charge in [-0.15, -0.1) is 0 Å². The van der Waals surface area contributed by atoms with E-state index in [0.717, 1.165) is 63.9 Å². The normalized spacial score (nSPS) is 24.3. The summed E-state index contributed by atoms with van der Waals surface area (Å²) in [6, 6.07) is 0. The van der Waals surface area contributed by atoms with Crippen LogP contribution in [0.15, 0.2) is 4.99 Å². The zero-order valence-electron chi connectivity index (χ0n) is 15.2. The summed E-state index contributed by atoms with van der Waals surface area (Å²) in [5.74, 6) is 1.98. The second-order valence-electron chi connectivity index (χ2n) is 6.97. The van der Waals surface area contributed by atoms with Crippen molar-refractivity contribution in [2.45, 2.75) is 25.7 Å². The molecule has 2 heterocycles. The Labute approximate surface area is 146 Å². The second kappa shape index (κ2) is 9.01. The van der Waals surface area contributed by atoms with Gasteiger partial charge in [-0.05, 0) is 37.5 Å². The molecule has 1 atom stereocenters. The van der Waals surface area contributed by atoms with E-state index in [9.17, 15) is 8.42 Å². The monoisotopic (exact) mass is 360 g/mol. The maximum absolute atomic E-state index is 11.6. The first-order valence-electron chi connectivity index (χ1n) is 8.84. The first-order chi connectivity index (χ1) is 11.4. The highest BCUT2D eigenvalue weighted by Gasteiger charge is 2.28. The summed E-state index contributed by atoms with van der Waals surface area (Å²) in [4.78, 5) is 6.52. The van der Waals surface area contributed by atoms with Crippen LogP contribution >= 0.6 is 0 Å². The van der Waals surface area contributed by atoms with Gasteiger partial charge in [-0.1, -0.05) is 0 Å². The van der Waals surface area contributed by atoms with E-state index in [1.54, 1.807) is 11.4 Å². The average Bonchev–Trinajstić information content (AvgIpc) is 3.04. The molecule has 0 radical (unpaired) electrons. The largest absolute Gasteiger partial charge is 0.381 e. The summed E-state index contributed by atoms with van der Waals surface area (Å²) in [6.07, 6.45) is 5.66. The number of sulfonamides is 1. The molecule has 0 saturated carbocycles. The zero-order chi connectivity index (χ0) is 17.6. The summed E-state index contributed by atoms with van der Waals surface area (Å²) < 4.78 is 30.1. The van der Waals surface area contributed by atoms with Crippen LogP contribution in [-0.4, -0.2) is 83.3 Å². The lowest BCUT2D eigenvalue weighted by molar-refractivity contribution is 0.0625. The van der Waals surface area contributed by atoms with E-state index in [-0.39, 0.29) is 0 Å². The SMILES string of the molecule is CN=C(NCC1CCN(S(C)(=O)=O)C1)N(C)CCC1CCOCC1. The van der Waals surface area contributed by atoms with Crippen LogP contribution in [0.1, 0.15) is 25.7 Å². The van der Waals surface area contributed by atoms with Crippen molar-refractivity contribution < 1.29 is 13.2 Å². The van der Waals surface area contributed by atoms with Crippen molar-refractivity contribution >= 4 is 16.0 Å². The standard InChI is InChI=1S/C16H32N4O3S/c1-17-16(19(2)8-4-14-6-10-23-11-7-14)18-12-15-5-9-20(13-15)24(3,21)22/h14-15H,4-13H2,1-3H3,(H,17,18). The van der Waals surface area contributed by atoms with Crippen molar-refractivity contribution in [3.63, 3.8) is 0 Å². The van der Waals surface area contributed by atoms with Gasteiger partial charge in [0.2, 0.25) is 10.0 Å². The third-order valence-electron chi connectivity index (χ3n) is 5.05. The number of ether oxygens (including phenoxy) is 1. The maximum atomic E-state index is 11.6. The molecule has 0 bridgehead atoms. The van der Waals surface area contributed by atoms with Gasteiger partial charge in [-0.3, -0.25) is 4.99 Å². The second-order valence-corrected chi connectivity index (χ2v) is 8.95. The van der Waals surface area contributed by atoms with Crippen LogP contribution in [0.2, 0.25) is 0 Å². The number of nitrogens with one attached hydrogen (secondary N) is 1. The van der Waals surface area contributed by atoms with Gasteiger partial charge in [0, 0.05) is 53.5 Å². The molecule has 2 aliphatic heterocycles. The highest BCUT2D eigenvalue weighted by Crippen LogP contribution is 2.19. The number of hydrogen-bond donors (Lipinski definition) is 1. The quantitative estimate of drug-likeness (QED) is 0.554. The molecule has 140 valence electrons. The van der Waals surface area contributed by atoms with Gasteiger partial charge in [-0.2, -0.15) is 0 Å². The number of guanidine groups is 1. The molecule has 8 heteroatoms. The Hall–Kier alpha value is -0.860. The Morgan fingerprint density at radius 1 is 1.29 bits per heavy atom. The lowest BCUT2D eigenvalue weighted by Crippen LogP contribution is -2.42. The van der Waals surface area contributed by atoms with E-state index < -0.39 is 10.0 Å². The van der Waals surface area contributed by atoms with Gasteiger partial charge in [0.25, 0.3) is 0 Å². The van der Waals surface area contributed by atoms with Crippen molar-refractivity contribution in [3.8, 4) is 0 Å². The fourth-order valence-electron chi connectivity index (χ4n) is 3.40. The Kier molecular flexibility index (Phi) is 7.31. The molecule has 0 aromatic heterocycles. The molecule has 2 fully saturated rings. The number of nitrogens with zero attached hydrogens (tertiary/aromatic N) is 3. The van der Waals surface area contributed by atoms with Crippen LogP contribution in [0.3, 0.4) is 0 Å². The van der Waals surface area contributed by atoms with E-state index in [1.807, 2.05) is 0 Å². The molecule has 24 heavy (non-hydrogen) atoms. The molecule has 0 aliphatic carbocycles. The smallest absolute Gasteiger partial charge is 0.211 e. The average molecular weight is 361 g/mol. The summed E-state index contributed by atoms with van der Waals surface area (Å²) >= 11 is 0. The Balaban J connectivity index is 1.71. The molecule has 0 aromatic rings. The molecular weight excluding hydrogens is 328 g/mol. The van der Waals surface area contributed by atoms with Gasteiger partial charge < -0.3 is 15.0 Å². The summed E-state index contributed by atoms with van der Waals surface area (Å²) in [5.41, 5.74) is 0. The highest BCUT2D eigenvalue weighted by molar-refractivity contribution is 7.88. The lowest BCUT2D eigenvalue weighted by atomic mass is 9.96. The number of aliphatic imine (C=N–C) groups is 1. The molecule has 0 spiro atoms. The van der Waals surface area contributed by atoms with Crippen LogP contribution in [0, 0.1) is 11.8 Å². The van der Waals surface area contributed by atoms with Crippen molar-refractivity contribution in [2.24, 2.45) is 16.8 Å². The molecule has 7 nitrogen and oxygen atoms in total. The predicted octanol–water partition coefficient (Wildman–Crippen LogP) is 0.592. The molecule has 1 N–H and O–H groups in total. The minimum atomic E-state index is -3.06. The topological polar surface area (TPSA) is 74.2 Å². The first-order valence-corrected chi connectivity index (χ1v) is 10.7. The summed E-state index contributed by atoms with van der Waals surface area (Å²) in [5, 5.41) is 3.40. The van der Waals surface area contributed by atoms with E-state index in [1.165, 1.54) is 6.26 Å². The number of hydrogen-bond acceptors (Lipinski definition) is 4. The fourth-order valence-corrected chi connectivity index (χ4v) is 4.32. The van der Waals surface area contributed by atoms with Crippen molar-refractivity contribution in [1.29, 1.82) is 0 Å². The van der Waals surface area contributed by atoms with Crippen LogP contribution < -0.4 is 5.32 Å². The maximum Gasteiger partial charge on any atom is 0.211 e. The van der Waals surface area contributed by atoms with Gasteiger partial charge in [0.05, 0.1) is 6.26 Å². The van der Waals surface area contributed by atoms with Crippen LogP contribution in [0.5, 0.6) is 0 Å². The molecule has 2 saturated heterocycles. The molecular formula is C16H32N4O3S. The number of rotatable bonds is 6. The first kappa shape index (κ1) is 19.5. The van der Waals surface area contributed by atoms with E-state index in [4.69, 9.17) is 4.74 Å². The van der Waals surface area contributed by atoms with Crippen molar-refractivity contribution in [3.05, 3.63) is 0 Å². The van der Waals surface area contributed by atoms with Crippen molar-refractivity contribution in [2.75, 3.05) is 59.7 Å². The Morgan fingerprint density at radius 3 is 2.58 bits per heavy atom. The van der Waals surface area contributed by atoms with Gasteiger partial charge >= 0.3 is 0 Å². The van der Waals surface area contributed by atoms with E-state index in [0.29, 0.717) is 19.0 Å². The van der Waals surface area contributed by atoms with Gasteiger partial charge in [-0.25, -0.2) is 12.7 Å². The van der Waals surface area contributed by atoms with Crippen molar-refractivity contribution in [1.82, 2.24) is 14.5 Å². The van der Waals surface area contributed by atoms with E-state index >= 15 is 0 Å². The lowest BCUT2D eigenvalue weighted by Gasteiger charge is -2.27. The van der Waals surface area contributed by atoms with E-state index in [2.05, 4.69) is 22.3 Å². The van der Waals surface area contributed by atoms with Crippen LogP contribution in [-0.2, 0) is 14.8 Å². The molecule has 0 aromatic carbocycles. The third kappa shape index (κ3) is 5.89. The fraction of sp³-hybridized carbons (Fsp3) is 0.938. The summed E-state index contributed by atoms with van der Waals surface area (Å²) in [6.45, 7) is 4.75. The van der Waals surface area contributed by atoms with Crippen LogP contribution in [0.25, 0.3) is 0 Å². The minimum absolute atomic E-state index is 0.348. The highest BCUT2D eigenvalue weighted by atomic mass is 32.2. The van der Waals surface area contributed by atoms with Gasteiger partial charge in [0.15, 0.2) is 5.96 Å². The minimum Gasteiger partial charge on any atom is -0.381 e. The Bertz CT molecular complexity index is 517. The molecule has 2 aliphatic rings. The van der Waals surface area contributed by atoms with Crippen LogP contribution in [0.4, 0.5) is 0 Å². The zero-order valence-corrected chi connectivity index (χ0v) is 16.0. The van der Waals surface area contributed by atoms with Gasteiger partial charge in [0.1, 0.15) is 0 Å². The predicted molar refractivity (Wildman–Crippen MR) is 96.7 cm³/mol. The molecule has 1 unspecified atom stereocenters.